The predicted molar refractivity (Wildman–Crippen MR) is 85.4 cm³/mol. The second kappa shape index (κ2) is 8.15. The molecule has 0 fully saturated rings. The van der Waals surface area contributed by atoms with Crippen LogP contribution in [0.2, 0.25) is 0 Å². The third-order valence-corrected chi connectivity index (χ3v) is 2.86. The van der Waals surface area contributed by atoms with Gasteiger partial charge in [-0.2, -0.15) is 0 Å². The first kappa shape index (κ1) is 16.8. The van der Waals surface area contributed by atoms with E-state index in [1.54, 1.807) is 18.2 Å². The maximum Gasteiger partial charge on any atom is 0.244 e. The number of allylic oxidation sites excluding steroid dienone is 1. The van der Waals surface area contributed by atoms with Crippen LogP contribution in [-0.4, -0.2) is 24.7 Å². The molecule has 0 heterocycles. The van der Waals surface area contributed by atoms with Gasteiger partial charge in [-0.3, -0.25) is 4.79 Å². The van der Waals surface area contributed by atoms with Crippen LogP contribution in [0.1, 0.15) is 25.0 Å². The number of phenolic OH excluding ortho intramolecular Hbond substituents is 1. The van der Waals surface area contributed by atoms with Gasteiger partial charge in [0.2, 0.25) is 5.91 Å². The van der Waals surface area contributed by atoms with Crippen molar-refractivity contribution in [2.45, 2.75) is 20.3 Å². The summed E-state index contributed by atoms with van der Waals surface area (Å²) in [6.45, 7) is 8.37. The molecule has 4 heteroatoms. The molecule has 0 aliphatic heterocycles. The van der Waals surface area contributed by atoms with Gasteiger partial charge < -0.3 is 15.2 Å². The van der Waals surface area contributed by atoms with E-state index in [1.807, 2.05) is 19.9 Å². The van der Waals surface area contributed by atoms with Crippen LogP contribution in [0.3, 0.4) is 0 Å². The molecule has 0 aliphatic rings. The Morgan fingerprint density at radius 1 is 1.48 bits per heavy atom. The molecule has 0 radical (unpaired) electrons. The fourth-order valence-electron chi connectivity index (χ4n) is 1.79. The molecule has 0 spiro atoms. The lowest BCUT2D eigenvalue weighted by molar-refractivity contribution is -0.116. The predicted octanol–water partition coefficient (Wildman–Crippen LogP) is 2.91. The maximum atomic E-state index is 11.7. The molecule has 0 saturated carbocycles. The Morgan fingerprint density at radius 3 is 2.76 bits per heavy atom. The summed E-state index contributed by atoms with van der Waals surface area (Å²) in [6.07, 6.45) is 5.43. The lowest BCUT2D eigenvalue weighted by Crippen LogP contribution is -2.25. The number of hydrogen-bond donors (Lipinski definition) is 2. The number of phenols is 1. The van der Waals surface area contributed by atoms with Gasteiger partial charge in [0.25, 0.3) is 0 Å². The first-order valence-corrected chi connectivity index (χ1v) is 6.94. The second-order valence-electron chi connectivity index (χ2n) is 5.20. The van der Waals surface area contributed by atoms with Crippen LogP contribution in [0, 0.1) is 5.92 Å². The van der Waals surface area contributed by atoms with Gasteiger partial charge in [0.05, 0.1) is 7.11 Å². The molecular formula is C17H23NO3. The number of nitrogens with one attached hydrogen (secondary N) is 1. The molecule has 1 aromatic rings. The highest BCUT2D eigenvalue weighted by atomic mass is 16.5. The Morgan fingerprint density at radius 2 is 2.19 bits per heavy atom. The fourth-order valence-corrected chi connectivity index (χ4v) is 1.79. The van der Waals surface area contributed by atoms with Crippen molar-refractivity contribution in [1.82, 2.24) is 5.32 Å². The standard InChI is InChI=1S/C17H23NO3/c1-5-6-13-9-14(17(20)15(10-13)21-4)7-8-16(19)18-11-12(2)3/h5,7-10,12,20H,1,6,11H2,2-4H3,(H,18,19)/b8-7+. The largest absolute Gasteiger partial charge is 0.504 e. The van der Waals surface area contributed by atoms with E-state index >= 15 is 0 Å². The fraction of sp³-hybridized carbons (Fsp3) is 0.353. The molecule has 0 bridgehead atoms. The molecule has 1 aromatic carbocycles. The minimum absolute atomic E-state index is 0.0261. The lowest BCUT2D eigenvalue weighted by Gasteiger charge is -2.09. The van der Waals surface area contributed by atoms with Crippen molar-refractivity contribution < 1.29 is 14.6 Å². The summed E-state index contributed by atoms with van der Waals surface area (Å²) in [7, 11) is 1.50. The van der Waals surface area contributed by atoms with Gasteiger partial charge in [0.15, 0.2) is 11.5 Å². The van der Waals surface area contributed by atoms with Crippen LogP contribution in [-0.2, 0) is 11.2 Å². The molecular weight excluding hydrogens is 266 g/mol. The van der Waals surface area contributed by atoms with Gasteiger partial charge in [-0.15, -0.1) is 6.58 Å². The smallest absolute Gasteiger partial charge is 0.244 e. The summed E-state index contributed by atoms with van der Waals surface area (Å²) in [4.78, 5) is 11.7. The number of benzene rings is 1. The summed E-state index contributed by atoms with van der Waals surface area (Å²) in [5.41, 5.74) is 1.51. The maximum absolute atomic E-state index is 11.7. The van der Waals surface area contributed by atoms with E-state index in [2.05, 4.69) is 11.9 Å². The summed E-state index contributed by atoms with van der Waals surface area (Å²) in [5.74, 6) is 0.623. The summed E-state index contributed by atoms with van der Waals surface area (Å²) in [5, 5.41) is 12.9. The SMILES string of the molecule is C=CCc1cc(/C=C/C(=O)NCC(C)C)c(O)c(OC)c1. The van der Waals surface area contributed by atoms with Gasteiger partial charge >= 0.3 is 0 Å². The molecule has 114 valence electrons. The van der Waals surface area contributed by atoms with Crippen molar-refractivity contribution in [2.75, 3.05) is 13.7 Å². The molecule has 0 aliphatic carbocycles. The number of carbonyl (C=O) groups excluding carboxylic acids is 1. The third kappa shape index (κ3) is 5.34. The lowest BCUT2D eigenvalue weighted by atomic mass is 10.1. The Hall–Kier alpha value is -2.23. The first-order chi connectivity index (χ1) is 9.97. The zero-order valence-corrected chi connectivity index (χ0v) is 12.8. The van der Waals surface area contributed by atoms with Crippen LogP contribution in [0.25, 0.3) is 6.08 Å². The normalized spacial score (nSPS) is 10.9. The molecule has 0 unspecified atom stereocenters. The van der Waals surface area contributed by atoms with Crippen LogP contribution in [0.5, 0.6) is 11.5 Å². The zero-order valence-electron chi connectivity index (χ0n) is 12.8. The van der Waals surface area contributed by atoms with Crippen molar-refractivity contribution in [3.63, 3.8) is 0 Å². The average molecular weight is 289 g/mol. The number of rotatable bonds is 7. The zero-order chi connectivity index (χ0) is 15.8. The number of carbonyl (C=O) groups is 1. The van der Waals surface area contributed by atoms with E-state index in [-0.39, 0.29) is 11.7 Å². The highest BCUT2D eigenvalue weighted by Crippen LogP contribution is 2.32. The van der Waals surface area contributed by atoms with E-state index < -0.39 is 0 Å². The van der Waals surface area contributed by atoms with Crippen LogP contribution < -0.4 is 10.1 Å². The Labute approximate surface area is 126 Å². The van der Waals surface area contributed by atoms with Crippen molar-refractivity contribution >= 4 is 12.0 Å². The van der Waals surface area contributed by atoms with Gasteiger partial charge in [-0.05, 0) is 36.1 Å². The summed E-state index contributed by atoms with van der Waals surface area (Å²) < 4.78 is 5.14. The van der Waals surface area contributed by atoms with Gasteiger partial charge in [-0.25, -0.2) is 0 Å². The van der Waals surface area contributed by atoms with Crippen LogP contribution in [0.15, 0.2) is 30.9 Å². The summed E-state index contributed by atoms with van der Waals surface area (Å²) in [6, 6.07) is 3.57. The van der Waals surface area contributed by atoms with Crippen molar-refractivity contribution in [1.29, 1.82) is 0 Å². The van der Waals surface area contributed by atoms with E-state index in [1.165, 1.54) is 13.2 Å². The van der Waals surface area contributed by atoms with Crippen molar-refractivity contribution in [3.8, 4) is 11.5 Å². The molecule has 2 N–H and O–H groups in total. The average Bonchev–Trinajstić information content (AvgIpc) is 2.45. The van der Waals surface area contributed by atoms with E-state index in [9.17, 15) is 9.90 Å². The van der Waals surface area contributed by atoms with Crippen molar-refractivity contribution in [2.24, 2.45) is 5.92 Å². The van der Waals surface area contributed by atoms with E-state index in [4.69, 9.17) is 4.74 Å². The Balaban J connectivity index is 2.92. The number of hydrogen-bond acceptors (Lipinski definition) is 3. The van der Waals surface area contributed by atoms with E-state index in [0.717, 1.165) is 5.56 Å². The molecule has 1 rings (SSSR count). The molecule has 0 aromatic heterocycles. The first-order valence-electron chi connectivity index (χ1n) is 6.94. The Kier molecular flexibility index (Phi) is 6.53. The van der Waals surface area contributed by atoms with E-state index in [0.29, 0.717) is 30.2 Å². The molecule has 0 atom stereocenters. The van der Waals surface area contributed by atoms with Gasteiger partial charge in [-0.1, -0.05) is 19.9 Å². The number of methoxy groups -OCH3 is 1. The molecule has 21 heavy (non-hydrogen) atoms. The number of aromatic hydroxyl groups is 1. The van der Waals surface area contributed by atoms with Gasteiger partial charge in [0.1, 0.15) is 0 Å². The molecule has 4 nitrogen and oxygen atoms in total. The minimum atomic E-state index is -0.184. The van der Waals surface area contributed by atoms with Crippen LogP contribution in [0.4, 0.5) is 0 Å². The monoisotopic (exact) mass is 289 g/mol. The van der Waals surface area contributed by atoms with Crippen LogP contribution >= 0.6 is 0 Å². The van der Waals surface area contributed by atoms with Crippen molar-refractivity contribution in [3.05, 3.63) is 42.0 Å². The van der Waals surface area contributed by atoms with Gasteiger partial charge in [0, 0.05) is 18.2 Å². The topological polar surface area (TPSA) is 58.6 Å². The third-order valence-electron chi connectivity index (χ3n) is 2.86. The quantitative estimate of drug-likeness (QED) is 0.599. The minimum Gasteiger partial charge on any atom is -0.504 e. The molecule has 0 saturated heterocycles. The highest BCUT2D eigenvalue weighted by molar-refractivity contribution is 5.92. The second-order valence-corrected chi connectivity index (χ2v) is 5.20. The Bertz CT molecular complexity index is 533. The summed E-state index contributed by atoms with van der Waals surface area (Å²) >= 11 is 0. The number of amides is 1. The highest BCUT2D eigenvalue weighted by Gasteiger charge is 2.08. The molecule has 1 amide bonds. The number of ether oxygens (including phenoxy) is 1.